The van der Waals surface area contributed by atoms with Crippen LogP contribution in [0.4, 0.5) is 0 Å². The van der Waals surface area contributed by atoms with Crippen LogP contribution in [0.2, 0.25) is 0 Å². The lowest BCUT2D eigenvalue weighted by atomic mass is 10.1. The van der Waals surface area contributed by atoms with E-state index < -0.39 is 9.84 Å². The number of hydrogen-bond donors (Lipinski definition) is 1. The van der Waals surface area contributed by atoms with Gasteiger partial charge in [-0.1, -0.05) is 25.1 Å². The fraction of sp³-hybridized carbons (Fsp3) is 0.412. The summed E-state index contributed by atoms with van der Waals surface area (Å²) < 4.78 is 24.8. The van der Waals surface area contributed by atoms with E-state index in [0.717, 1.165) is 11.4 Å². The van der Waals surface area contributed by atoms with Gasteiger partial charge >= 0.3 is 0 Å². The summed E-state index contributed by atoms with van der Waals surface area (Å²) in [6.07, 6.45) is 3.21. The Labute approximate surface area is 141 Å². The van der Waals surface area contributed by atoms with Gasteiger partial charge in [-0.25, -0.2) is 13.1 Å². The highest BCUT2D eigenvalue weighted by Crippen LogP contribution is 2.17. The van der Waals surface area contributed by atoms with E-state index in [9.17, 15) is 13.2 Å². The highest BCUT2D eigenvalue weighted by Gasteiger charge is 2.26. The molecule has 2 heterocycles. The average Bonchev–Trinajstić information content (AvgIpc) is 3.01. The molecule has 1 aromatic carbocycles. The molecule has 0 atom stereocenters. The summed E-state index contributed by atoms with van der Waals surface area (Å²) in [6.45, 7) is 1.99. The van der Waals surface area contributed by atoms with Crippen molar-refractivity contribution in [3.8, 4) is 5.69 Å². The Morgan fingerprint density at radius 3 is 2.54 bits per heavy atom. The highest BCUT2D eigenvalue weighted by molar-refractivity contribution is 7.91. The molecule has 0 saturated carbocycles. The molecule has 0 radical (unpaired) electrons. The molecule has 128 valence electrons. The van der Waals surface area contributed by atoms with Gasteiger partial charge in [0.05, 0.1) is 34.6 Å². The fourth-order valence-corrected chi connectivity index (χ4v) is 4.48. The molecule has 6 nitrogen and oxygen atoms in total. The molecule has 24 heavy (non-hydrogen) atoms. The molecule has 7 heteroatoms. The van der Waals surface area contributed by atoms with E-state index in [1.54, 1.807) is 10.9 Å². The van der Waals surface area contributed by atoms with Crippen molar-refractivity contribution < 1.29 is 13.2 Å². The number of carbonyl (C=O) groups is 1. The van der Waals surface area contributed by atoms with Gasteiger partial charge in [-0.3, -0.25) is 4.79 Å². The minimum absolute atomic E-state index is 0.0918. The van der Waals surface area contributed by atoms with Gasteiger partial charge in [0.25, 0.3) is 5.91 Å². The summed E-state index contributed by atoms with van der Waals surface area (Å²) in [5.74, 6) is 0.0994. The van der Waals surface area contributed by atoms with Crippen molar-refractivity contribution in [2.75, 3.05) is 11.5 Å². The number of rotatable bonds is 4. The number of hydrogen-bond acceptors (Lipinski definition) is 4. The number of para-hydroxylation sites is 1. The summed E-state index contributed by atoms with van der Waals surface area (Å²) in [7, 11) is -2.93. The molecular formula is C17H21N3O3S. The van der Waals surface area contributed by atoms with E-state index in [4.69, 9.17) is 0 Å². The van der Waals surface area contributed by atoms with Crippen LogP contribution in [0.1, 0.15) is 35.8 Å². The quantitative estimate of drug-likeness (QED) is 0.913. The largest absolute Gasteiger partial charge is 0.349 e. The Morgan fingerprint density at radius 1 is 1.25 bits per heavy atom. The van der Waals surface area contributed by atoms with E-state index >= 15 is 0 Å². The molecule has 1 aromatic heterocycles. The van der Waals surface area contributed by atoms with Crippen molar-refractivity contribution >= 4 is 15.7 Å². The first-order valence-corrected chi connectivity index (χ1v) is 9.96. The summed E-state index contributed by atoms with van der Waals surface area (Å²) >= 11 is 0. The number of sulfone groups is 1. The predicted molar refractivity (Wildman–Crippen MR) is 92.1 cm³/mol. The van der Waals surface area contributed by atoms with Crippen molar-refractivity contribution in [2.45, 2.75) is 32.2 Å². The SMILES string of the molecule is CCc1c(C(=O)NC2CCS(=O)(=O)CC2)cnn1-c1ccccc1. The Bertz CT molecular complexity index is 814. The summed E-state index contributed by atoms with van der Waals surface area (Å²) in [5.41, 5.74) is 2.31. The lowest BCUT2D eigenvalue weighted by Crippen LogP contribution is -2.41. The maximum absolute atomic E-state index is 12.6. The van der Waals surface area contributed by atoms with Crippen LogP contribution < -0.4 is 5.32 Å². The van der Waals surface area contributed by atoms with Crippen LogP contribution in [0.5, 0.6) is 0 Å². The number of nitrogens with one attached hydrogen (secondary N) is 1. The molecule has 0 unspecified atom stereocenters. The summed E-state index contributed by atoms with van der Waals surface area (Å²) in [4.78, 5) is 12.6. The third kappa shape index (κ3) is 3.51. The normalized spacial score (nSPS) is 17.5. The van der Waals surface area contributed by atoms with E-state index in [-0.39, 0.29) is 23.5 Å². The molecule has 1 fully saturated rings. The summed E-state index contributed by atoms with van der Waals surface area (Å²) in [5, 5.41) is 7.31. The number of nitrogens with zero attached hydrogens (tertiary/aromatic N) is 2. The smallest absolute Gasteiger partial charge is 0.254 e. The fourth-order valence-electron chi connectivity index (χ4n) is 2.99. The standard InChI is InChI=1S/C17H21N3O3S/c1-2-16-15(12-18-20(16)14-6-4-3-5-7-14)17(21)19-13-8-10-24(22,23)11-9-13/h3-7,12-13H,2,8-11H2,1H3,(H,19,21). The first kappa shape index (κ1) is 16.7. The molecular weight excluding hydrogens is 326 g/mol. The zero-order valence-corrected chi connectivity index (χ0v) is 14.4. The highest BCUT2D eigenvalue weighted by atomic mass is 32.2. The molecule has 0 aliphatic carbocycles. The number of aromatic nitrogens is 2. The Morgan fingerprint density at radius 2 is 1.92 bits per heavy atom. The minimum Gasteiger partial charge on any atom is -0.349 e. The van der Waals surface area contributed by atoms with Crippen LogP contribution in [0.25, 0.3) is 5.69 Å². The Kier molecular flexibility index (Phi) is 4.71. The molecule has 1 saturated heterocycles. The van der Waals surface area contributed by atoms with Crippen LogP contribution >= 0.6 is 0 Å². The first-order valence-electron chi connectivity index (χ1n) is 8.14. The van der Waals surface area contributed by atoms with Gasteiger partial charge in [0.2, 0.25) is 0 Å². The van der Waals surface area contributed by atoms with Gasteiger partial charge in [-0.2, -0.15) is 5.10 Å². The number of benzene rings is 1. The van der Waals surface area contributed by atoms with Crippen LogP contribution in [-0.4, -0.2) is 41.7 Å². The number of amides is 1. The molecule has 1 aliphatic heterocycles. The third-order valence-corrected chi connectivity index (χ3v) is 6.05. The molecule has 1 amide bonds. The second-order valence-electron chi connectivity index (χ2n) is 6.01. The van der Waals surface area contributed by atoms with Gasteiger partial charge in [-0.05, 0) is 31.4 Å². The van der Waals surface area contributed by atoms with Crippen LogP contribution in [0.15, 0.2) is 36.5 Å². The predicted octanol–water partition coefficient (Wildman–Crippen LogP) is 1.74. The van der Waals surface area contributed by atoms with Crippen molar-refractivity contribution in [1.82, 2.24) is 15.1 Å². The van der Waals surface area contributed by atoms with Gasteiger partial charge in [0.15, 0.2) is 0 Å². The minimum atomic E-state index is -2.93. The van der Waals surface area contributed by atoms with Crippen molar-refractivity contribution in [1.29, 1.82) is 0 Å². The zero-order valence-electron chi connectivity index (χ0n) is 13.6. The van der Waals surface area contributed by atoms with Crippen LogP contribution in [-0.2, 0) is 16.3 Å². The van der Waals surface area contributed by atoms with Gasteiger partial charge in [0.1, 0.15) is 9.84 Å². The van der Waals surface area contributed by atoms with E-state index in [1.165, 1.54) is 0 Å². The lowest BCUT2D eigenvalue weighted by molar-refractivity contribution is 0.0933. The maximum atomic E-state index is 12.6. The molecule has 1 N–H and O–H groups in total. The van der Waals surface area contributed by atoms with Gasteiger partial charge < -0.3 is 5.32 Å². The molecule has 3 rings (SSSR count). The van der Waals surface area contributed by atoms with Crippen molar-refractivity contribution in [3.63, 3.8) is 0 Å². The lowest BCUT2D eigenvalue weighted by Gasteiger charge is -2.23. The monoisotopic (exact) mass is 347 g/mol. The zero-order chi connectivity index (χ0) is 17.2. The van der Waals surface area contributed by atoms with E-state index in [0.29, 0.717) is 24.8 Å². The average molecular weight is 347 g/mol. The topological polar surface area (TPSA) is 81.1 Å². The Balaban J connectivity index is 1.77. The third-order valence-electron chi connectivity index (χ3n) is 4.34. The van der Waals surface area contributed by atoms with E-state index in [2.05, 4.69) is 10.4 Å². The first-order chi connectivity index (χ1) is 11.5. The maximum Gasteiger partial charge on any atom is 0.254 e. The Hall–Kier alpha value is -2.15. The van der Waals surface area contributed by atoms with E-state index in [1.807, 2.05) is 37.3 Å². The van der Waals surface area contributed by atoms with Crippen LogP contribution in [0.3, 0.4) is 0 Å². The molecule has 0 bridgehead atoms. The number of carbonyl (C=O) groups excluding carboxylic acids is 1. The summed E-state index contributed by atoms with van der Waals surface area (Å²) in [6, 6.07) is 9.59. The second kappa shape index (κ2) is 6.76. The van der Waals surface area contributed by atoms with Crippen molar-refractivity contribution in [3.05, 3.63) is 47.8 Å². The van der Waals surface area contributed by atoms with Gasteiger partial charge in [0, 0.05) is 6.04 Å². The van der Waals surface area contributed by atoms with Crippen LogP contribution in [0, 0.1) is 0 Å². The second-order valence-corrected chi connectivity index (χ2v) is 8.31. The molecule has 0 spiro atoms. The van der Waals surface area contributed by atoms with Gasteiger partial charge in [-0.15, -0.1) is 0 Å². The van der Waals surface area contributed by atoms with Crippen molar-refractivity contribution in [2.24, 2.45) is 0 Å². The molecule has 1 aliphatic rings. The molecule has 2 aromatic rings.